The van der Waals surface area contributed by atoms with E-state index in [0.717, 1.165) is 44.1 Å². The highest BCUT2D eigenvalue weighted by Crippen LogP contribution is 2.25. The zero-order valence-corrected chi connectivity index (χ0v) is 10.4. The number of halogens is 3. The van der Waals surface area contributed by atoms with Crippen molar-refractivity contribution in [2.24, 2.45) is 5.92 Å². The maximum Gasteiger partial charge on any atom is 0.194 e. The van der Waals surface area contributed by atoms with Gasteiger partial charge in [0.2, 0.25) is 0 Å². The van der Waals surface area contributed by atoms with E-state index in [1.54, 1.807) is 0 Å². The van der Waals surface area contributed by atoms with E-state index in [9.17, 15) is 18.0 Å². The molecule has 1 saturated carbocycles. The highest BCUT2D eigenvalue weighted by molar-refractivity contribution is 5.53. The fourth-order valence-corrected chi connectivity index (χ4v) is 2.30. The molecule has 0 aliphatic heterocycles. The van der Waals surface area contributed by atoms with Gasteiger partial charge in [-0.3, -0.25) is 0 Å². The molecule has 1 fully saturated rings. The van der Waals surface area contributed by atoms with Crippen LogP contribution in [0.15, 0.2) is 12.1 Å². The molecule has 0 radical (unpaired) electrons. The Hall–Kier alpha value is -1.36. The van der Waals surface area contributed by atoms with E-state index in [1.807, 2.05) is 0 Å². The van der Waals surface area contributed by atoms with Crippen molar-refractivity contribution in [3.05, 3.63) is 35.1 Å². The Kier molecular flexibility index (Phi) is 4.58. The van der Waals surface area contributed by atoms with Gasteiger partial charge in [0.05, 0.1) is 12.7 Å². The monoisotopic (exact) mass is 272 g/mol. The van der Waals surface area contributed by atoms with Crippen LogP contribution in [0.4, 0.5) is 13.2 Å². The molecule has 1 aromatic carbocycles. The molecule has 0 N–H and O–H groups in total. The molecule has 0 aromatic heterocycles. The first kappa shape index (κ1) is 14.1. The van der Waals surface area contributed by atoms with Crippen LogP contribution in [0.3, 0.4) is 0 Å². The van der Waals surface area contributed by atoms with E-state index in [2.05, 4.69) is 0 Å². The van der Waals surface area contributed by atoms with Crippen molar-refractivity contribution in [2.45, 2.75) is 38.4 Å². The smallest absolute Gasteiger partial charge is 0.194 e. The van der Waals surface area contributed by atoms with E-state index >= 15 is 0 Å². The SMILES string of the molecule is O=CC1CCC(OCc2cc(F)c(F)c(F)c2)CC1. The van der Waals surface area contributed by atoms with Crippen molar-refractivity contribution in [1.82, 2.24) is 0 Å². The summed E-state index contributed by atoms with van der Waals surface area (Å²) in [6.07, 6.45) is 4.03. The standard InChI is InChI=1S/C14H15F3O2/c15-12-5-10(6-13(16)14(12)17)8-19-11-3-1-9(7-18)2-4-11/h5-7,9,11H,1-4,8H2. The number of rotatable bonds is 4. The third-order valence-electron chi connectivity index (χ3n) is 3.44. The molecule has 0 saturated heterocycles. The minimum atomic E-state index is -1.46. The Balaban J connectivity index is 1.88. The van der Waals surface area contributed by atoms with Crippen molar-refractivity contribution < 1.29 is 22.7 Å². The average Bonchev–Trinajstić information content (AvgIpc) is 2.43. The molecule has 2 rings (SSSR count). The van der Waals surface area contributed by atoms with Crippen LogP contribution in [-0.2, 0) is 16.1 Å². The van der Waals surface area contributed by atoms with Gasteiger partial charge in [0, 0.05) is 5.92 Å². The highest BCUT2D eigenvalue weighted by Gasteiger charge is 2.21. The Morgan fingerprint density at radius 2 is 1.68 bits per heavy atom. The fourth-order valence-electron chi connectivity index (χ4n) is 2.30. The quantitative estimate of drug-likeness (QED) is 0.620. The number of carbonyl (C=O) groups excluding carboxylic acids is 1. The number of ether oxygens (including phenoxy) is 1. The first-order valence-electron chi connectivity index (χ1n) is 6.30. The largest absolute Gasteiger partial charge is 0.374 e. The molecular formula is C14H15F3O2. The number of hydrogen-bond acceptors (Lipinski definition) is 2. The van der Waals surface area contributed by atoms with Gasteiger partial charge in [-0.05, 0) is 43.4 Å². The summed E-state index contributed by atoms with van der Waals surface area (Å²) in [6, 6.07) is 1.88. The summed E-state index contributed by atoms with van der Waals surface area (Å²) in [5.41, 5.74) is 0.272. The van der Waals surface area contributed by atoms with Crippen LogP contribution in [-0.4, -0.2) is 12.4 Å². The lowest BCUT2D eigenvalue weighted by Crippen LogP contribution is -2.22. The van der Waals surface area contributed by atoms with Gasteiger partial charge in [0.1, 0.15) is 6.29 Å². The lowest BCUT2D eigenvalue weighted by atomic mass is 9.88. The second-order valence-electron chi connectivity index (χ2n) is 4.86. The zero-order chi connectivity index (χ0) is 13.8. The lowest BCUT2D eigenvalue weighted by molar-refractivity contribution is -0.113. The molecule has 0 spiro atoms. The molecule has 0 amide bonds. The van der Waals surface area contributed by atoms with Crippen molar-refractivity contribution in [3.8, 4) is 0 Å². The van der Waals surface area contributed by atoms with Crippen molar-refractivity contribution in [1.29, 1.82) is 0 Å². The van der Waals surface area contributed by atoms with Gasteiger partial charge >= 0.3 is 0 Å². The molecular weight excluding hydrogens is 257 g/mol. The van der Waals surface area contributed by atoms with Gasteiger partial charge in [-0.1, -0.05) is 0 Å². The van der Waals surface area contributed by atoms with Gasteiger partial charge in [0.15, 0.2) is 17.5 Å². The van der Waals surface area contributed by atoms with E-state index in [4.69, 9.17) is 4.74 Å². The van der Waals surface area contributed by atoms with Crippen LogP contribution < -0.4 is 0 Å². The molecule has 1 aliphatic rings. The summed E-state index contributed by atoms with van der Waals surface area (Å²) in [6.45, 7) is 0.0462. The molecule has 0 bridgehead atoms. The fraction of sp³-hybridized carbons (Fsp3) is 0.500. The summed E-state index contributed by atoms with van der Waals surface area (Å²) in [5.74, 6) is -3.78. The van der Waals surface area contributed by atoms with E-state index in [1.165, 1.54) is 0 Å². The van der Waals surface area contributed by atoms with Gasteiger partial charge < -0.3 is 9.53 Å². The molecule has 5 heteroatoms. The van der Waals surface area contributed by atoms with Gasteiger partial charge in [-0.15, -0.1) is 0 Å². The molecule has 0 unspecified atom stereocenters. The molecule has 2 nitrogen and oxygen atoms in total. The molecule has 1 aliphatic carbocycles. The normalized spacial score (nSPS) is 23.3. The van der Waals surface area contributed by atoms with Crippen LogP contribution in [0.2, 0.25) is 0 Å². The topological polar surface area (TPSA) is 26.3 Å². The Bertz CT molecular complexity index is 431. The van der Waals surface area contributed by atoms with E-state index in [0.29, 0.717) is 0 Å². The Morgan fingerprint density at radius 1 is 1.11 bits per heavy atom. The Labute approximate surface area is 109 Å². The number of benzene rings is 1. The Morgan fingerprint density at radius 3 is 2.21 bits per heavy atom. The summed E-state index contributed by atoms with van der Waals surface area (Å²) < 4.78 is 44.3. The first-order valence-corrected chi connectivity index (χ1v) is 6.30. The van der Waals surface area contributed by atoms with Crippen LogP contribution in [0, 0.1) is 23.4 Å². The van der Waals surface area contributed by atoms with E-state index in [-0.39, 0.29) is 24.2 Å². The zero-order valence-electron chi connectivity index (χ0n) is 10.4. The van der Waals surface area contributed by atoms with Crippen molar-refractivity contribution in [3.63, 3.8) is 0 Å². The molecule has 19 heavy (non-hydrogen) atoms. The molecule has 0 heterocycles. The van der Waals surface area contributed by atoms with Gasteiger partial charge in [-0.25, -0.2) is 13.2 Å². The minimum Gasteiger partial charge on any atom is -0.374 e. The summed E-state index contributed by atoms with van der Waals surface area (Å²) in [7, 11) is 0. The van der Waals surface area contributed by atoms with Crippen LogP contribution >= 0.6 is 0 Å². The second kappa shape index (κ2) is 6.19. The third kappa shape index (κ3) is 3.56. The second-order valence-corrected chi connectivity index (χ2v) is 4.86. The summed E-state index contributed by atoms with van der Waals surface area (Å²) in [4.78, 5) is 10.6. The number of aldehydes is 1. The van der Waals surface area contributed by atoms with Gasteiger partial charge in [-0.2, -0.15) is 0 Å². The molecule has 1 aromatic rings. The predicted molar refractivity (Wildman–Crippen MR) is 62.9 cm³/mol. The summed E-state index contributed by atoms with van der Waals surface area (Å²) in [5, 5.41) is 0. The van der Waals surface area contributed by atoms with E-state index < -0.39 is 17.5 Å². The third-order valence-corrected chi connectivity index (χ3v) is 3.44. The highest BCUT2D eigenvalue weighted by atomic mass is 19.2. The van der Waals surface area contributed by atoms with Crippen molar-refractivity contribution in [2.75, 3.05) is 0 Å². The number of carbonyl (C=O) groups is 1. The van der Waals surface area contributed by atoms with Crippen LogP contribution in [0.25, 0.3) is 0 Å². The molecule has 104 valence electrons. The number of hydrogen-bond donors (Lipinski definition) is 0. The van der Waals surface area contributed by atoms with Crippen molar-refractivity contribution >= 4 is 6.29 Å². The predicted octanol–water partition coefficient (Wildman–Crippen LogP) is 3.38. The average molecular weight is 272 g/mol. The first-order chi connectivity index (χ1) is 9.10. The van der Waals surface area contributed by atoms with Crippen LogP contribution in [0.1, 0.15) is 31.2 Å². The molecule has 0 atom stereocenters. The lowest BCUT2D eigenvalue weighted by Gasteiger charge is -2.25. The summed E-state index contributed by atoms with van der Waals surface area (Å²) >= 11 is 0. The maximum atomic E-state index is 13.0. The van der Waals surface area contributed by atoms with Gasteiger partial charge in [0.25, 0.3) is 0 Å². The van der Waals surface area contributed by atoms with Crippen LogP contribution in [0.5, 0.6) is 0 Å². The minimum absolute atomic E-state index is 0.00706. The maximum absolute atomic E-state index is 13.0.